The fourth-order valence-electron chi connectivity index (χ4n) is 2.64. The summed E-state index contributed by atoms with van der Waals surface area (Å²) < 4.78 is 11.4. The van der Waals surface area contributed by atoms with E-state index < -0.39 is 0 Å². The topological polar surface area (TPSA) is 52.6 Å². The Morgan fingerprint density at radius 2 is 1.52 bits per heavy atom. The molecule has 0 unspecified atom stereocenters. The van der Waals surface area contributed by atoms with E-state index in [1.54, 1.807) is 30.3 Å². The summed E-state index contributed by atoms with van der Waals surface area (Å²) in [4.78, 5) is 23.7. The van der Waals surface area contributed by atoms with Gasteiger partial charge < -0.3 is 9.47 Å². The van der Waals surface area contributed by atoms with Crippen LogP contribution in [-0.2, 0) is 9.59 Å². The summed E-state index contributed by atoms with van der Waals surface area (Å²) in [6.07, 6.45) is 5.20. The number of carbonyl (C=O) groups excluding carboxylic acids is 2. The second-order valence-electron chi connectivity index (χ2n) is 7.89. The lowest BCUT2D eigenvalue weighted by Crippen LogP contribution is -2.22. The first kappa shape index (κ1) is 22.2. The highest BCUT2D eigenvalue weighted by molar-refractivity contribution is 6.28. The van der Waals surface area contributed by atoms with E-state index in [0.717, 1.165) is 11.3 Å². The molecule has 152 valence electrons. The molecule has 2 rings (SSSR count). The zero-order valence-electron chi connectivity index (χ0n) is 17.6. The molecule has 0 amide bonds. The predicted octanol–water partition coefficient (Wildman–Crippen LogP) is 5.52. The van der Waals surface area contributed by atoms with Crippen molar-refractivity contribution in [3.05, 3.63) is 71.8 Å². The van der Waals surface area contributed by atoms with E-state index in [1.165, 1.54) is 12.2 Å². The fourth-order valence-corrected chi connectivity index (χ4v) is 2.64. The van der Waals surface area contributed by atoms with E-state index in [0.29, 0.717) is 23.2 Å². The lowest BCUT2D eigenvalue weighted by Gasteiger charge is -2.21. The Hall–Kier alpha value is -3.14. The number of benzene rings is 2. The monoisotopic (exact) mass is 392 g/mol. The van der Waals surface area contributed by atoms with Gasteiger partial charge in [-0.15, -0.1) is 0 Å². The van der Waals surface area contributed by atoms with Crippen molar-refractivity contribution in [3.63, 3.8) is 0 Å². The van der Waals surface area contributed by atoms with Crippen molar-refractivity contribution in [2.75, 3.05) is 0 Å². The molecule has 0 aliphatic rings. The maximum Gasteiger partial charge on any atom is 0.186 e. The van der Waals surface area contributed by atoms with Crippen LogP contribution in [0.5, 0.6) is 11.5 Å². The first-order valence-corrected chi connectivity index (χ1v) is 9.62. The van der Waals surface area contributed by atoms with Crippen molar-refractivity contribution in [3.8, 4) is 11.5 Å². The molecule has 0 fully saturated rings. The van der Waals surface area contributed by atoms with Crippen molar-refractivity contribution < 1.29 is 19.1 Å². The molecule has 2 aromatic carbocycles. The number of carbonyl (C=O) groups is 2. The number of ether oxygens (including phenoxy) is 2. The molecule has 0 aliphatic heterocycles. The Kier molecular flexibility index (Phi) is 7.54. The molecule has 4 heteroatoms. The Bertz CT molecular complexity index is 880. The van der Waals surface area contributed by atoms with E-state index in [-0.39, 0.29) is 17.5 Å². The lowest BCUT2D eigenvalue weighted by molar-refractivity contribution is -0.110. The number of hydrogen-bond acceptors (Lipinski definition) is 4. The van der Waals surface area contributed by atoms with E-state index >= 15 is 0 Å². The summed E-state index contributed by atoms with van der Waals surface area (Å²) in [6, 6.07) is 14.6. The van der Waals surface area contributed by atoms with Crippen LogP contribution in [-0.4, -0.2) is 23.8 Å². The van der Waals surface area contributed by atoms with E-state index in [2.05, 4.69) is 0 Å². The van der Waals surface area contributed by atoms with Gasteiger partial charge in [-0.3, -0.25) is 9.59 Å². The number of rotatable bonds is 8. The van der Waals surface area contributed by atoms with Gasteiger partial charge in [0.2, 0.25) is 0 Å². The van der Waals surface area contributed by atoms with Crippen LogP contribution in [0, 0.1) is 0 Å². The zero-order valence-corrected chi connectivity index (χ0v) is 17.6. The third-order valence-corrected chi connectivity index (χ3v) is 3.77. The van der Waals surface area contributed by atoms with Gasteiger partial charge >= 0.3 is 0 Å². The largest absolute Gasteiger partial charge is 0.491 e. The minimum absolute atomic E-state index is 0.106. The minimum atomic E-state index is -0.308. The van der Waals surface area contributed by atoms with Crippen LogP contribution >= 0.6 is 0 Å². The molecule has 29 heavy (non-hydrogen) atoms. The molecule has 0 aromatic heterocycles. The van der Waals surface area contributed by atoms with E-state index in [4.69, 9.17) is 9.47 Å². The SMILES string of the molecule is CC(C)Oc1ccc(C=CC(=O)C(=CC=O)c2ccc(OC(C)(C)C)cc2)cc1. The molecule has 0 bridgehead atoms. The number of allylic oxidation sites excluding steroid dienone is 3. The van der Waals surface area contributed by atoms with Gasteiger partial charge in [0.05, 0.1) is 6.10 Å². The molecule has 0 aliphatic carbocycles. The Morgan fingerprint density at radius 3 is 2.03 bits per heavy atom. The molecule has 0 radical (unpaired) electrons. The summed E-state index contributed by atoms with van der Waals surface area (Å²) in [5, 5.41) is 0. The van der Waals surface area contributed by atoms with Gasteiger partial charge in [0.25, 0.3) is 0 Å². The van der Waals surface area contributed by atoms with Crippen molar-refractivity contribution in [2.24, 2.45) is 0 Å². The summed E-state index contributed by atoms with van der Waals surface area (Å²) >= 11 is 0. The third kappa shape index (κ3) is 7.41. The first-order chi connectivity index (χ1) is 13.7. The Morgan fingerprint density at radius 1 is 0.931 bits per heavy atom. The quantitative estimate of drug-likeness (QED) is 0.439. The van der Waals surface area contributed by atoms with Gasteiger partial charge in [0, 0.05) is 5.57 Å². The Balaban J connectivity index is 2.14. The molecular weight excluding hydrogens is 364 g/mol. The van der Waals surface area contributed by atoms with Crippen LogP contribution in [0.15, 0.2) is 60.7 Å². The molecule has 4 nitrogen and oxygen atoms in total. The van der Waals surface area contributed by atoms with Crippen LogP contribution < -0.4 is 9.47 Å². The molecule has 0 saturated carbocycles. The van der Waals surface area contributed by atoms with Gasteiger partial charge in [-0.25, -0.2) is 0 Å². The summed E-state index contributed by atoms with van der Waals surface area (Å²) in [5.41, 5.74) is 1.55. The van der Waals surface area contributed by atoms with Gasteiger partial charge in [-0.05, 0) is 82.2 Å². The van der Waals surface area contributed by atoms with Crippen LogP contribution in [0.2, 0.25) is 0 Å². The predicted molar refractivity (Wildman–Crippen MR) is 117 cm³/mol. The molecule has 0 saturated heterocycles. The van der Waals surface area contributed by atoms with Crippen LogP contribution in [0.3, 0.4) is 0 Å². The fraction of sp³-hybridized carbons (Fsp3) is 0.280. The smallest absolute Gasteiger partial charge is 0.186 e. The maximum atomic E-state index is 12.7. The third-order valence-electron chi connectivity index (χ3n) is 3.77. The zero-order chi connectivity index (χ0) is 21.4. The van der Waals surface area contributed by atoms with Gasteiger partial charge in [-0.2, -0.15) is 0 Å². The molecule has 0 atom stereocenters. The van der Waals surface area contributed by atoms with Crippen molar-refractivity contribution in [1.29, 1.82) is 0 Å². The van der Waals surface area contributed by atoms with Gasteiger partial charge in [-0.1, -0.05) is 30.3 Å². The van der Waals surface area contributed by atoms with E-state index in [9.17, 15) is 9.59 Å². The lowest BCUT2D eigenvalue weighted by atomic mass is 10.0. The second-order valence-corrected chi connectivity index (χ2v) is 7.89. The number of ketones is 1. The van der Waals surface area contributed by atoms with Gasteiger partial charge in [0.15, 0.2) is 5.78 Å². The average Bonchev–Trinajstić information content (AvgIpc) is 2.64. The first-order valence-electron chi connectivity index (χ1n) is 9.62. The van der Waals surface area contributed by atoms with Crippen molar-refractivity contribution in [2.45, 2.75) is 46.3 Å². The highest BCUT2D eigenvalue weighted by atomic mass is 16.5. The van der Waals surface area contributed by atoms with Crippen LogP contribution in [0.25, 0.3) is 11.6 Å². The highest BCUT2D eigenvalue weighted by Gasteiger charge is 2.13. The maximum absolute atomic E-state index is 12.7. The average molecular weight is 392 g/mol. The van der Waals surface area contributed by atoms with E-state index in [1.807, 2.05) is 58.9 Å². The van der Waals surface area contributed by atoms with Crippen LogP contribution in [0.4, 0.5) is 0 Å². The van der Waals surface area contributed by atoms with Crippen LogP contribution in [0.1, 0.15) is 45.7 Å². The summed E-state index contributed by atoms with van der Waals surface area (Å²) in [5.74, 6) is 1.24. The molecule has 0 N–H and O–H groups in total. The standard InChI is InChI=1S/C25H28O4/c1-18(2)28-21-11-6-19(7-12-21)8-15-24(27)23(16-17-26)20-9-13-22(14-10-20)29-25(3,4)5/h6-18H,1-5H3. The summed E-state index contributed by atoms with van der Waals surface area (Å²) in [6.45, 7) is 9.83. The molecule has 2 aromatic rings. The molecular formula is C25H28O4. The second kappa shape index (κ2) is 9.87. The van der Waals surface area contributed by atoms with Crippen molar-refractivity contribution in [1.82, 2.24) is 0 Å². The highest BCUT2D eigenvalue weighted by Crippen LogP contribution is 2.23. The number of aldehydes is 1. The number of hydrogen-bond donors (Lipinski definition) is 0. The van der Waals surface area contributed by atoms with Gasteiger partial charge in [0.1, 0.15) is 23.4 Å². The normalized spacial score (nSPS) is 12.3. The van der Waals surface area contributed by atoms with Crippen molar-refractivity contribution >= 4 is 23.7 Å². The molecule has 0 spiro atoms. The Labute approximate surface area is 172 Å². The minimum Gasteiger partial charge on any atom is -0.491 e. The molecule has 0 heterocycles. The summed E-state index contributed by atoms with van der Waals surface area (Å²) in [7, 11) is 0.